The van der Waals surface area contributed by atoms with Gasteiger partial charge in [-0.3, -0.25) is 29.3 Å². The summed E-state index contributed by atoms with van der Waals surface area (Å²) in [7, 11) is 0. The van der Waals surface area contributed by atoms with E-state index in [4.69, 9.17) is 4.74 Å². The number of hydrogen-bond acceptors (Lipinski definition) is 6. The number of carbonyl (C=O) groups is 5. The van der Waals surface area contributed by atoms with Crippen LogP contribution in [0, 0.1) is 0 Å². The molecule has 2 aliphatic rings. The number of imide groups is 1. The number of fused-ring (bicyclic) bond motifs is 1. The fourth-order valence-corrected chi connectivity index (χ4v) is 3.85. The van der Waals surface area contributed by atoms with Crippen molar-refractivity contribution in [3.8, 4) is 0 Å². The molecule has 0 saturated carbocycles. The lowest BCUT2D eigenvalue weighted by Crippen LogP contribution is -2.52. The van der Waals surface area contributed by atoms with Gasteiger partial charge in [-0.25, -0.2) is 0 Å². The molecular formula is C23H30N4O6. The van der Waals surface area contributed by atoms with Crippen LogP contribution < -0.4 is 16.0 Å². The number of rotatable bonds is 10. The van der Waals surface area contributed by atoms with Crippen LogP contribution in [0.15, 0.2) is 18.2 Å². The van der Waals surface area contributed by atoms with E-state index in [2.05, 4.69) is 16.0 Å². The smallest absolute Gasteiger partial charge is 0.255 e. The van der Waals surface area contributed by atoms with E-state index in [9.17, 15) is 24.0 Å². The Morgan fingerprint density at radius 2 is 1.97 bits per heavy atom. The first kappa shape index (κ1) is 24.4. The van der Waals surface area contributed by atoms with Gasteiger partial charge in [-0.1, -0.05) is 6.07 Å². The van der Waals surface area contributed by atoms with Gasteiger partial charge in [0, 0.05) is 42.7 Å². The summed E-state index contributed by atoms with van der Waals surface area (Å²) in [5.41, 5.74) is 1.65. The number of nitrogens with one attached hydrogen (secondary N) is 3. The van der Waals surface area contributed by atoms with E-state index >= 15 is 0 Å². The average Bonchev–Trinajstić information content (AvgIpc) is 3.09. The van der Waals surface area contributed by atoms with Gasteiger partial charge in [0.15, 0.2) is 0 Å². The Morgan fingerprint density at radius 3 is 2.70 bits per heavy atom. The fourth-order valence-electron chi connectivity index (χ4n) is 3.85. The average molecular weight is 459 g/mol. The van der Waals surface area contributed by atoms with E-state index in [1.165, 1.54) is 4.90 Å². The third-order valence-corrected chi connectivity index (χ3v) is 5.56. The maximum atomic E-state index is 12.8. The van der Waals surface area contributed by atoms with Crippen molar-refractivity contribution in [1.29, 1.82) is 0 Å². The van der Waals surface area contributed by atoms with E-state index in [0.717, 1.165) is 0 Å². The van der Waals surface area contributed by atoms with Crippen molar-refractivity contribution in [2.75, 3.05) is 18.5 Å². The molecule has 1 fully saturated rings. The van der Waals surface area contributed by atoms with Crippen LogP contribution in [0.3, 0.4) is 0 Å². The summed E-state index contributed by atoms with van der Waals surface area (Å²) in [4.78, 5) is 61.9. The Hall–Kier alpha value is -3.27. The molecule has 0 radical (unpaired) electrons. The first-order valence-corrected chi connectivity index (χ1v) is 11.2. The molecule has 1 atom stereocenters. The topological polar surface area (TPSA) is 134 Å². The quantitative estimate of drug-likeness (QED) is 0.355. The number of benzene rings is 1. The zero-order chi connectivity index (χ0) is 24.0. The second-order valence-corrected chi connectivity index (χ2v) is 8.45. The maximum absolute atomic E-state index is 12.8. The van der Waals surface area contributed by atoms with Gasteiger partial charge in [-0.05, 0) is 45.2 Å². The van der Waals surface area contributed by atoms with Gasteiger partial charge >= 0.3 is 0 Å². The summed E-state index contributed by atoms with van der Waals surface area (Å²) in [6, 6.07) is 4.39. The number of nitrogens with zero attached hydrogens (tertiary/aromatic N) is 1. The molecular weight excluding hydrogens is 428 g/mol. The molecule has 5 amide bonds. The Balaban J connectivity index is 1.48. The molecule has 10 nitrogen and oxygen atoms in total. The SMILES string of the molecule is CC(C)OCC(=O)NCCCCC(=O)Nc1cccc2c1CN(C1CCC(=O)NC1=O)C2=O. The highest BCUT2D eigenvalue weighted by molar-refractivity contribution is 6.06. The van der Waals surface area contributed by atoms with Crippen LogP contribution in [0.5, 0.6) is 0 Å². The summed E-state index contributed by atoms with van der Waals surface area (Å²) >= 11 is 0. The lowest BCUT2D eigenvalue weighted by Gasteiger charge is -2.29. The van der Waals surface area contributed by atoms with Crippen LogP contribution in [-0.2, 0) is 30.5 Å². The van der Waals surface area contributed by atoms with Crippen LogP contribution in [0.1, 0.15) is 61.9 Å². The van der Waals surface area contributed by atoms with Gasteiger partial charge in [0.05, 0.1) is 6.10 Å². The Labute approximate surface area is 192 Å². The van der Waals surface area contributed by atoms with Gasteiger partial charge in [-0.15, -0.1) is 0 Å². The van der Waals surface area contributed by atoms with Crippen LogP contribution in [-0.4, -0.2) is 59.7 Å². The second kappa shape index (κ2) is 11.0. The summed E-state index contributed by atoms with van der Waals surface area (Å²) in [6.07, 6.45) is 1.97. The number of piperidine rings is 1. The molecule has 0 spiro atoms. The second-order valence-electron chi connectivity index (χ2n) is 8.45. The number of unbranched alkanes of at least 4 members (excludes halogenated alkanes) is 1. The summed E-state index contributed by atoms with van der Waals surface area (Å²) in [5.74, 6) is -1.46. The highest BCUT2D eigenvalue weighted by Gasteiger charge is 2.39. The molecule has 1 saturated heterocycles. The predicted molar refractivity (Wildman–Crippen MR) is 119 cm³/mol. The molecule has 3 N–H and O–H groups in total. The van der Waals surface area contributed by atoms with Crippen molar-refractivity contribution in [2.45, 2.75) is 64.6 Å². The number of carbonyl (C=O) groups excluding carboxylic acids is 5. The third-order valence-electron chi connectivity index (χ3n) is 5.56. The minimum Gasteiger partial charge on any atom is -0.369 e. The fraction of sp³-hybridized carbons (Fsp3) is 0.522. The molecule has 1 aromatic carbocycles. The molecule has 10 heteroatoms. The monoisotopic (exact) mass is 458 g/mol. The van der Waals surface area contributed by atoms with Crippen molar-refractivity contribution in [3.63, 3.8) is 0 Å². The van der Waals surface area contributed by atoms with Crippen molar-refractivity contribution in [1.82, 2.24) is 15.5 Å². The van der Waals surface area contributed by atoms with E-state index in [0.29, 0.717) is 36.2 Å². The van der Waals surface area contributed by atoms with Crippen LogP contribution in [0.25, 0.3) is 0 Å². The summed E-state index contributed by atoms with van der Waals surface area (Å²) in [6.45, 7) is 4.39. The molecule has 33 heavy (non-hydrogen) atoms. The largest absolute Gasteiger partial charge is 0.369 e. The normalized spacial score (nSPS) is 17.7. The number of hydrogen-bond donors (Lipinski definition) is 3. The number of amides is 5. The predicted octanol–water partition coefficient (Wildman–Crippen LogP) is 1.10. The molecule has 178 valence electrons. The maximum Gasteiger partial charge on any atom is 0.255 e. The van der Waals surface area contributed by atoms with E-state index in [1.54, 1.807) is 18.2 Å². The van der Waals surface area contributed by atoms with E-state index < -0.39 is 11.9 Å². The van der Waals surface area contributed by atoms with E-state index in [-0.39, 0.29) is 62.1 Å². The summed E-state index contributed by atoms with van der Waals surface area (Å²) < 4.78 is 5.23. The Morgan fingerprint density at radius 1 is 1.18 bits per heavy atom. The van der Waals surface area contributed by atoms with Gasteiger partial charge in [0.2, 0.25) is 23.6 Å². The first-order chi connectivity index (χ1) is 15.8. The van der Waals surface area contributed by atoms with Crippen molar-refractivity contribution in [2.24, 2.45) is 0 Å². The minimum absolute atomic E-state index is 0.00900. The zero-order valence-corrected chi connectivity index (χ0v) is 18.9. The van der Waals surface area contributed by atoms with Gasteiger partial charge in [0.1, 0.15) is 12.6 Å². The third kappa shape index (κ3) is 6.38. The van der Waals surface area contributed by atoms with Crippen LogP contribution in [0.4, 0.5) is 5.69 Å². The zero-order valence-electron chi connectivity index (χ0n) is 18.9. The molecule has 2 heterocycles. The number of anilines is 1. The van der Waals surface area contributed by atoms with Crippen LogP contribution in [0.2, 0.25) is 0 Å². The minimum atomic E-state index is -0.702. The Bertz CT molecular complexity index is 945. The van der Waals surface area contributed by atoms with E-state index in [1.807, 2.05) is 13.8 Å². The summed E-state index contributed by atoms with van der Waals surface area (Å²) in [5, 5.41) is 7.89. The molecule has 0 aliphatic carbocycles. The molecule has 0 bridgehead atoms. The Kier molecular flexibility index (Phi) is 8.16. The molecule has 1 aromatic rings. The molecule has 1 unspecified atom stereocenters. The van der Waals surface area contributed by atoms with Crippen LogP contribution >= 0.6 is 0 Å². The highest BCUT2D eigenvalue weighted by atomic mass is 16.5. The van der Waals surface area contributed by atoms with Gasteiger partial charge < -0.3 is 20.3 Å². The molecule has 3 rings (SSSR count). The van der Waals surface area contributed by atoms with Crippen molar-refractivity contribution >= 4 is 35.2 Å². The standard InChI is InChI=1S/C23H30N4O6/c1-14(2)33-13-21(30)24-11-4-3-8-19(28)25-17-7-5-6-15-16(17)12-27(23(15)32)18-9-10-20(29)26-22(18)31/h5-7,14,18H,3-4,8-13H2,1-2H3,(H,24,30)(H,25,28)(H,26,29,31). The van der Waals surface area contributed by atoms with Gasteiger partial charge in [0.25, 0.3) is 5.91 Å². The first-order valence-electron chi connectivity index (χ1n) is 11.2. The highest BCUT2D eigenvalue weighted by Crippen LogP contribution is 2.32. The van der Waals surface area contributed by atoms with Crippen molar-refractivity contribution < 1.29 is 28.7 Å². The lowest BCUT2D eigenvalue weighted by atomic mass is 10.0. The van der Waals surface area contributed by atoms with Gasteiger partial charge in [-0.2, -0.15) is 0 Å². The van der Waals surface area contributed by atoms with Crippen molar-refractivity contribution in [3.05, 3.63) is 29.3 Å². The molecule has 0 aromatic heterocycles. The lowest BCUT2D eigenvalue weighted by molar-refractivity contribution is -0.137. The molecule has 2 aliphatic heterocycles. The number of ether oxygens (including phenoxy) is 1.